The number of nitrogens with two attached hydrogens (primary N) is 1. The summed E-state index contributed by atoms with van der Waals surface area (Å²) in [6.45, 7) is 9.06. The summed E-state index contributed by atoms with van der Waals surface area (Å²) in [5.74, 6) is 0.439. The Kier molecular flexibility index (Phi) is 7.31. The lowest BCUT2D eigenvalue weighted by molar-refractivity contribution is 0.0582. The molecule has 1 fully saturated rings. The first-order valence-electron chi connectivity index (χ1n) is 10.4. The minimum atomic E-state index is -0.0655. The van der Waals surface area contributed by atoms with Crippen LogP contribution in [0.3, 0.4) is 0 Å². The average Bonchev–Trinajstić information content (AvgIpc) is 3.35. The zero-order valence-electron chi connectivity index (χ0n) is 18.4. The van der Waals surface area contributed by atoms with Crippen LogP contribution in [-0.2, 0) is 4.74 Å². The minimum absolute atomic E-state index is 0.0655. The Morgan fingerprint density at radius 3 is 2.81 bits per heavy atom. The van der Waals surface area contributed by atoms with Gasteiger partial charge in [-0.1, -0.05) is 24.8 Å². The molecule has 1 aliphatic heterocycles. The van der Waals surface area contributed by atoms with E-state index in [0.717, 1.165) is 42.0 Å². The van der Waals surface area contributed by atoms with Gasteiger partial charge in [0.2, 0.25) is 0 Å². The molecule has 1 unspecified atom stereocenters. The summed E-state index contributed by atoms with van der Waals surface area (Å²) < 4.78 is 5.65. The standard InChI is InChI=1S/C24H31N5O2/c1-16-22(21(25)12-13-26-18(3)28-19-9-6-5-7-10-19)17(2)27-23(16)24(30)29(4)15-20-11-8-14-31-20/h5-7,9-10,12-13,20,27-28H,3,8,11,14-15,25H2,1-2,4H3/b21-12-,26-13?. The van der Waals surface area contributed by atoms with Gasteiger partial charge in [-0.05, 0) is 50.5 Å². The van der Waals surface area contributed by atoms with Crippen molar-refractivity contribution in [3.05, 3.63) is 71.3 Å². The molecule has 0 radical (unpaired) electrons. The lowest BCUT2D eigenvalue weighted by atomic mass is 10.1. The number of H-pyrrole nitrogens is 1. The van der Waals surface area contributed by atoms with E-state index in [1.165, 1.54) is 0 Å². The average molecular weight is 422 g/mol. The van der Waals surface area contributed by atoms with E-state index in [0.29, 0.717) is 23.8 Å². The predicted molar refractivity (Wildman–Crippen MR) is 126 cm³/mol. The van der Waals surface area contributed by atoms with Crippen molar-refractivity contribution in [3.63, 3.8) is 0 Å². The number of aryl methyl sites for hydroxylation is 1. The number of hydrogen-bond acceptors (Lipinski definition) is 5. The highest BCUT2D eigenvalue weighted by Crippen LogP contribution is 2.24. The van der Waals surface area contributed by atoms with E-state index < -0.39 is 0 Å². The second kappa shape index (κ2) is 10.1. The molecule has 2 heterocycles. The Morgan fingerprint density at radius 1 is 1.39 bits per heavy atom. The highest BCUT2D eigenvalue weighted by atomic mass is 16.5. The second-order valence-corrected chi connectivity index (χ2v) is 7.78. The van der Waals surface area contributed by atoms with Crippen LogP contribution < -0.4 is 11.1 Å². The molecule has 164 valence electrons. The SMILES string of the molecule is C=C(N=C/C=C(\N)c1c(C)[nH]c(C(=O)N(C)CC2CCCO2)c1C)Nc1ccccc1. The van der Waals surface area contributed by atoms with Gasteiger partial charge >= 0.3 is 0 Å². The molecule has 0 saturated carbocycles. The summed E-state index contributed by atoms with van der Waals surface area (Å²) in [5, 5.41) is 3.11. The number of carbonyl (C=O) groups excluding carboxylic acids is 1. The first-order chi connectivity index (χ1) is 14.9. The lowest BCUT2D eigenvalue weighted by Gasteiger charge is -2.20. The number of ether oxygens (including phenoxy) is 1. The van der Waals surface area contributed by atoms with Crippen LogP contribution in [0, 0.1) is 13.8 Å². The Hall–Kier alpha value is -3.32. The van der Waals surface area contributed by atoms with Crippen LogP contribution in [0.25, 0.3) is 5.70 Å². The van der Waals surface area contributed by atoms with Gasteiger partial charge < -0.3 is 25.7 Å². The van der Waals surface area contributed by atoms with Crippen molar-refractivity contribution in [1.82, 2.24) is 9.88 Å². The number of hydrogen-bond donors (Lipinski definition) is 3. The van der Waals surface area contributed by atoms with Crippen LogP contribution in [0.15, 0.2) is 53.8 Å². The fourth-order valence-corrected chi connectivity index (χ4v) is 3.78. The highest BCUT2D eigenvalue weighted by molar-refractivity contribution is 5.96. The van der Waals surface area contributed by atoms with E-state index in [1.54, 1.807) is 24.2 Å². The van der Waals surface area contributed by atoms with Crippen LogP contribution >= 0.6 is 0 Å². The molecule has 1 aliphatic rings. The maximum atomic E-state index is 13.0. The Balaban J connectivity index is 1.68. The number of nitrogens with one attached hydrogen (secondary N) is 2. The molecule has 7 heteroatoms. The van der Waals surface area contributed by atoms with Crippen LogP contribution in [-0.4, -0.2) is 48.3 Å². The zero-order valence-corrected chi connectivity index (χ0v) is 18.4. The van der Waals surface area contributed by atoms with Gasteiger partial charge in [0, 0.05) is 49.1 Å². The molecule has 3 rings (SSSR count). The highest BCUT2D eigenvalue weighted by Gasteiger charge is 2.24. The maximum absolute atomic E-state index is 13.0. The fraction of sp³-hybridized carbons (Fsp3) is 0.333. The number of para-hydroxylation sites is 1. The van der Waals surface area contributed by atoms with Crippen LogP contribution in [0.4, 0.5) is 5.69 Å². The van der Waals surface area contributed by atoms with Crippen molar-refractivity contribution < 1.29 is 9.53 Å². The molecular weight excluding hydrogens is 390 g/mol. The quantitative estimate of drug-likeness (QED) is 0.565. The van der Waals surface area contributed by atoms with E-state index >= 15 is 0 Å². The molecule has 2 aromatic rings. The molecule has 1 aromatic carbocycles. The number of carbonyl (C=O) groups is 1. The summed E-state index contributed by atoms with van der Waals surface area (Å²) in [4.78, 5) is 22.1. The van der Waals surface area contributed by atoms with E-state index in [1.807, 2.05) is 44.2 Å². The second-order valence-electron chi connectivity index (χ2n) is 7.78. The zero-order chi connectivity index (χ0) is 22.4. The number of allylic oxidation sites excluding steroid dienone is 1. The molecule has 1 amide bonds. The van der Waals surface area contributed by atoms with Crippen molar-refractivity contribution in [2.75, 3.05) is 25.5 Å². The Bertz CT molecular complexity index is 985. The number of amides is 1. The number of aliphatic imine (C=N–C) groups is 1. The van der Waals surface area contributed by atoms with Crippen molar-refractivity contribution in [2.45, 2.75) is 32.8 Å². The first-order valence-corrected chi connectivity index (χ1v) is 10.4. The Morgan fingerprint density at radius 2 is 2.13 bits per heavy atom. The molecule has 0 aliphatic carbocycles. The summed E-state index contributed by atoms with van der Waals surface area (Å²) >= 11 is 0. The van der Waals surface area contributed by atoms with Crippen molar-refractivity contribution in [1.29, 1.82) is 0 Å². The molecule has 1 aromatic heterocycles. The van der Waals surface area contributed by atoms with Gasteiger partial charge in [0.1, 0.15) is 11.5 Å². The molecule has 7 nitrogen and oxygen atoms in total. The molecule has 4 N–H and O–H groups in total. The van der Waals surface area contributed by atoms with Gasteiger partial charge in [0.25, 0.3) is 5.91 Å². The molecule has 1 saturated heterocycles. The molecule has 31 heavy (non-hydrogen) atoms. The monoisotopic (exact) mass is 421 g/mol. The predicted octanol–water partition coefficient (Wildman–Crippen LogP) is 3.84. The number of likely N-dealkylation sites (N-methyl/N-ethyl adjacent to an activating group) is 1. The number of benzene rings is 1. The van der Waals surface area contributed by atoms with E-state index in [2.05, 4.69) is 21.9 Å². The topological polar surface area (TPSA) is 95.7 Å². The van der Waals surface area contributed by atoms with Crippen molar-refractivity contribution in [3.8, 4) is 0 Å². The number of aromatic nitrogens is 1. The summed E-state index contributed by atoms with van der Waals surface area (Å²) in [7, 11) is 1.80. The van der Waals surface area contributed by atoms with Crippen LogP contribution in [0.1, 0.15) is 40.2 Å². The van der Waals surface area contributed by atoms with Gasteiger partial charge in [-0.2, -0.15) is 0 Å². The first kappa shape index (κ1) is 22.4. The number of anilines is 1. The third kappa shape index (κ3) is 5.64. The fourth-order valence-electron chi connectivity index (χ4n) is 3.78. The van der Waals surface area contributed by atoms with Crippen molar-refractivity contribution >= 4 is 23.5 Å². The third-order valence-electron chi connectivity index (χ3n) is 5.34. The number of rotatable bonds is 8. The van der Waals surface area contributed by atoms with Crippen LogP contribution in [0.2, 0.25) is 0 Å². The summed E-state index contributed by atoms with van der Waals surface area (Å²) in [5.41, 5.74) is 10.8. The normalized spacial score (nSPS) is 16.6. The van der Waals surface area contributed by atoms with Gasteiger partial charge in [-0.25, -0.2) is 4.99 Å². The smallest absolute Gasteiger partial charge is 0.270 e. The van der Waals surface area contributed by atoms with E-state index in [4.69, 9.17) is 10.5 Å². The summed E-state index contributed by atoms with van der Waals surface area (Å²) in [6.07, 6.45) is 5.47. The largest absolute Gasteiger partial charge is 0.398 e. The van der Waals surface area contributed by atoms with Gasteiger partial charge in [-0.3, -0.25) is 4.79 Å². The molecule has 0 spiro atoms. The molecule has 1 atom stereocenters. The summed E-state index contributed by atoms with van der Waals surface area (Å²) in [6, 6.07) is 9.69. The van der Waals surface area contributed by atoms with Gasteiger partial charge in [-0.15, -0.1) is 0 Å². The maximum Gasteiger partial charge on any atom is 0.270 e. The van der Waals surface area contributed by atoms with Gasteiger partial charge in [0.15, 0.2) is 0 Å². The van der Waals surface area contributed by atoms with E-state index in [9.17, 15) is 4.79 Å². The molecule has 0 bridgehead atoms. The number of nitrogens with zero attached hydrogens (tertiary/aromatic N) is 2. The Labute approximate surface area is 183 Å². The van der Waals surface area contributed by atoms with E-state index in [-0.39, 0.29) is 12.0 Å². The third-order valence-corrected chi connectivity index (χ3v) is 5.34. The van der Waals surface area contributed by atoms with Crippen molar-refractivity contribution in [2.24, 2.45) is 10.7 Å². The van der Waals surface area contributed by atoms with Crippen LogP contribution in [0.5, 0.6) is 0 Å². The lowest BCUT2D eigenvalue weighted by Crippen LogP contribution is -2.34. The molecular formula is C24H31N5O2. The number of aromatic amines is 1. The van der Waals surface area contributed by atoms with Gasteiger partial charge in [0.05, 0.1) is 6.10 Å². The minimum Gasteiger partial charge on any atom is -0.398 e.